The lowest BCUT2D eigenvalue weighted by atomic mass is 9.91. The molecule has 0 atom stereocenters. The van der Waals surface area contributed by atoms with Crippen molar-refractivity contribution in [3.63, 3.8) is 0 Å². The number of nitrogens with zero attached hydrogens (tertiary/aromatic N) is 2. The lowest BCUT2D eigenvalue weighted by Crippen LogP contribution is -2.12. The summed E-state index contributed by atoms with van der Waals surface area (Å²) in [5, 5.41) is 5.08. The molecule has 8 aromatic carbocycles. The minimum Gasteiger partial charge on any atom is -0.310 e. The lowest BCUT2D eigenvalue weighted by Gasteiger charge is -2.29. The molecule has 0 amide bonds. The van der Waals surface area contributed by atoms with Crippen molar-refractivity contribution < 1.29 is 0 Å². The summed E-state index contributed by atoms with van der Waals surface area (Å²) in [6.45, 7) is 0. The van der Waals surface area contributed by atoms with Gasteiger partial charge in [0.2, 0.25) is 0 Å². The molecule has 2 aromatic heterocycles. The Morgan fingerprint density at radius 2 is 1.04 bits per heavy atom. The molecule has 2 heterocycles. The maximum atomic E-state index is 2.44. The van der Waals surface area contributed by atoms with Gasteiger partial charge in [0.1, 0.15) is 0 Å². The summed E-state index contributed by atoms with van der Waals surface area (Å²) in [7, 11) is 0. The minimum absolute atomic E-state index is 1.10. The van der Waals surface area contributed by atoms with E-state index in [1.807, 2.05) is 11.3 Å². The van der Waals surface area contributed by atoms with E-state index in [1.54, 1.807) is 0 Å². The Labute approximate surface area is 300 Å². The van der Waals surface area contributed by atoms with Crippen molar-refractivity contribution in [3.8, 4) is 27.9 Å². The zero-order valence-electron chi connectivity index (χ0n) is 27.8. The third-order valence-corrected chi connectivity index (χ3v) is 11.2. The Balaban J connectivity index is 1.30. The number of anilines is 3. The number of hydrogen-bond acceptors (Lipinski definition) is 2. The summed E-state index contributed by atoms with van der Waals surface area (Å²) >= 11 is 1.88. The highest BCUT2D eigenvalue weighted by Crippen LogP contribution is 2.50. The summed E-state index contributed by atoms with van der Waals surface area (Å²) < 4.78 is 5.00. The van der Waals surface area contributed by atoms with Crippen LogP contribution in [0.4, 0.5) is 17.1 Å². The number of hydrogen-bond donors (Lipinski definition) is 0. The van der Waals surface area contributed by atoms with Gasteiger partial charge in [-0.05, 0) is 65.7 Å². The predicted octanol–water partition coefficient (Wildman–Crippen LogP) is 14.0. The molecule has 240 valence electrons. The van der Waals surface area contributed by atoms with Gasteiger partial charge in [-0.15, -0.1) is 11.3 Å². The first-order valence-electron chi connectivity index (χ1n) is 17.4. The van der Waals surface area contributed by atoms with E-state index in [-0.39, 0.29) is 0 Å². The molecule has 3 heteroatoms. The van der Waals surface area contributed by atoms with Crippen molar-refractivity contribution in [2.75, 3.05) is 4.90 Å². The Morgan fingerprint density at radius 3 is 1.86 bits per heavy atom. The van der Waals surface area contributed by atoms with E-state index in [1.165, 1.54) is 64.2 Å². The van der Waals surface area contributed by atoms with Gasteiger partial charge in [0.25, 0.3) is 0 Å². The second kappa shape index (κ2) is 12.2. The molecule has 10 rings (SSSR count). The molecular weight excluding hydrogens is 637 g/mol. The van der Waals surface area contributed by atoms with Crippen LogP contribution in [0, 0.1) is 0 Å². The fourth-order valence-corrected chi connectivity index (χ4v) is 8.99. The van der Waals surface area contributed by atoms with Crippen LogP contribution in [0.5, 0.6) is 0 Å². The average Bonchev–Trinajstić information content (AvgIpc) is 3.75. The quantitative estimate of drug-likeness (QED) is 0.171. The highest BCUT2D eigenvalue weighted by Gasteiger charge is 2.24. The van der Waals surface area contributed by atoms with Gasteiger partial charge in [-0.1, -0.05) is 140 Å². The number of rotatable bonds is 6. The molecule has 0 aliphatic rings. The summed E-state index contributed by atoms with van der Waals surface area (Å²) in [5.74, 6) is 0. The molecular formula is C48H32N2S. The van der Waals surface area contributed by atoms with Crippen LogP contribution < -0.4 is 4.90 Å². The third-order valence-electron chi connectivity index (χ3n) is 9.99. The summed E-state index contributed by atoms with van der Waals surface area (Å²) in [6.07, 6.45) is 0. The molecule has 0 spiro atoms. The van der Waals surface area contributed by atoms with E-state index in [4.69, 9.17) is 0 Å². The standard InChI is InChI=1S/C48H32N2S/c1-4-16-33(17-5-1)37-24-15-28-44(47(37)42-26-14-25-41-40-23-11-13-29-46(40)51-48(41)42)49(34-18-6-2-7-19-34)36-30-31-39-38-22-10-12-27-43(38)50(45(39)32-36)35-20-8-3-9-21-35/h1-32H. The number of aromatic nitrogens is 1. The fourth-order valence-electron chi connectivity index (χ4n) is 7.77. The Bertz CT molecular complexity index is 2850. The van der Waals surface area contributed by atoms with E-state index in [9.17, 15) is 0 Å². The van der Waals surface area contributed by atoms with Crippen LogP contribution in [0.25, 0.3) is 69.9 Å². The van der Waals surface area contributed by atoms with Crippen molar-refractivity contribution in [3.05, 3.63) is 194 Å². The van der Waals surface area contributed by atoms with E-state index < -0.39 is 0 Å². The summed E-state index contributed by atoms with van der Waals surface area (Å²) in [5.41, 5.74) is 11.7. The van der Waals surface area contributed by atoms with Crippen molar-refractivity contribution >= 4 is 70.4 Å². The van der Waals surface area contributed by atoms with Gasteiger partial charge in [-0.3, -0.25) is 0 Å². The molecule has 0 saturated carbocycles. The molecule has 51 heavy (non-hydrogen) atoms. The van der Waals surface area contributed by atoms with Crippen molar-refractivity contribution in [1.82, 2.24) is 4.57 Å². The van der Waals surface area contributed by atoms with Crippen LogP contribution in [-0.4, -0.2) is 4.57 Å². The lowest BCUT2D eigenvalue weighted by molar-refractivity contribution is 1.18. The van der Waals surface area contributed by atoms with Gasteiger partial charge < -0.3 is 9.47 Å². The molecule has 0 unspecified atom stereocenters. The minimum atomic E-state index is 1.10. The average molecular weight is 669 g/mol. The van der Waals surface area contributed by atoms with Crippen LogP contribution in [0.1, 0.15) is 0 Å². The molecule has 2 nitrogen and oxygen atoms in total. The first-order chi connectivity index (χ1) is 25.3. The Hall–Kier alpha value is -6.42. The zero-order valence-corrected chi connectivity index (χ0v) is 28.6. The van der Waals surface area contributed by atoms with E-state index >= 15 is 0 Å². The van der Waals surface area contributed by atoms with E-state index in [0.717, 1.165) is 22.7 Å². The van der Waals surface area contributed by atoms with Crippen LogP contribution in [0.15, 0.2) is 194 Å². The second-order valence-corrected chi connectivity index (χ2v) is 14.0. The molecule has 0 aliphatic heterocycles. The van der Waals surface area contributed by atoms with Crippen LogP contribution >= 0.6 is 11.3 Å². The van der Waals surface area contributed by atoms with Gasteiger partial charge in [0.05, 0.1) is 16.7 Å². The fraction of sp³-hybridized carbons (Fsp3) is 0. The normalized spacial score (nSPS) is 11.5. The van der Waals surface area contributed by atoms with Gasteiger partial charge in [-0.2, -0.15) is 0 Å². The maximum Gasteiger partial charge on any atom is 0.0561 e. The number of thiophene rings is 1. The molecule has 0 bridgehead atoms. The molecule has 0 aliphatic carbocycles. The zero-order chi connectivity index (χ0) is 33.7. The predicted molar refractivity (Wildman–Crippen MR) is 219 cm³/mol. The van der Waals surface area contributed by atoms with Crippen LogP contribution in [-0.2, 0) is 0 Å². The second-order valence-electron chi connectivity index (χ2n) is 12.9. The van der Waals surface area contributed by atoms with Crippen molar-refractivity contribution in [1.29, 1.82) is 0 Å². The number of fused-ring (bicyclic) bond motifs is 6. The molecule has 0 N–H and O–H groups in total. The Kier molecular flexibility index (Phi) is 7.04. The van der Waals surface area contributed by atoms with E-state index in [2.05, 4.69) is 204 Å². The summed E-state index contributed by atoms with van der Waals surface area (Å²) in [6, 6.07) is 70.4. The van der Waals surface area contributed by atoms with Crippen molar-refractivity contribution in [2.24, 2.45) is 0 Å². The number of benzene rings is 8. The first-order valence-corrected chi connectivity index (χ1v) is 18.2. The molecule has 0 fully saturated rings. The SMILES string of the molecule is c1ccc(-c2cccc(N(c3ccccc3)c3ccc4c5ccccc5n(-c5ccccc5)c4c3)c2-c2cccc3c2sc2ccccc23)cc1. The van der Waals surface area contributed by atoms with Gasteiger partial charge in [0, 0.05) is 59.1 Å². The molecule has 0 saturated heterocycles. The monoisotopic (exact) mass is 668 g/mol. The highest BCUT2D eigenvalue weighted by molar-refractivity contribution is 7.26. The van der Waals surface area contributed by atoms with Gasteiger partial charge in [0.15, 0.2) is 0 Å². The van der Waals surface area contributed by atoms with Gasteiger partial charge in [-0.25, -0.2) is 0 Å². The highest BCUT2D eigenvalue weighted by atomic mass is 32.1. The van der Waals surface area contributed by atoms with E-state index in [0.29, 0.717) is 0 Å². The maximum absolute atomic E-state index is 2.44. The van der Waals surface area contributed by atoms with Crippen molar-refractivity contribution in [2.45, 2.75) is 0 Å². The number of para-hydroxylation sites is 3. The largest absolute Gasteiger partial charge is 0.310 e. The first kappa shape index (κ1) is 29.5. The smallest absolute Gasteiger partial charge is 0.0561 e. The molecule has 10 aromatic rings. The van der Waals surface area contributed by atoms with Gasteiger partial charge >= 0.3 is 0 Å². The van der Waals surface area contributed by atoms with Crippen LogP contribution in [0.3, 0.4) is 0 Å². The summed E-state index contributed by atoms with van der Waals surface area (Å²) in [4.78, 5) is 2.44. The third kappa shape index (κ3) is 4.85. The van der Waals surface area contributed by atoms with Crippen LogP contribution in [0.2, 0.25) is 0 Å². The Morgan fingerprint density at radius 1 is 0.412 bits per heavy atom. The molecule has 0 radical (unpaired) electrons. The topological polar surface area (TPSA) is 8.17 Å².